The van der Waals surface area contributed by atoms with E-state index in [4.69, 9.17) is 0 Å². The van der Waals surface area contributed by atoms with Gasteiger partial charge in [-0.05, 0) is 42.9 Å². The number of rotatable bonds is 5. The van der Waals surface area contributed by atoms with Crippen LogP contribution in [-0.4, -0.2) is 4.98 Å². The molecule has 0 saturated heterocycles. The van der Waals surface area contributed by atoms with Crippen LogP contribution in [0.25, 0.3) is 0 Å². The number of H-pyrrole nitrogens is 1. The second-order valence-electron chi connectivity index (χ2n) is 3.91. The molecular formula is C14H17N. The minimum absolute atomic E-state index is 1.19. The van der Waals surface area contributed by atoms with Gasteiger partial charge in [-0.1, -0.05) is 30.3 Å². The molecule has 0 spiro atoms. The molecule has 0 fully saturated rings. The van der Waals surface area contributed by atoms with E-state index in [0.29, 0.717) is 0 Å². The molecule has 0 atom stereocenters. The molecule has 2 rings (SSSR count). The maximum absolute atomic E-state index is 3.09. The molecule has 0 amide bonds. The molecule has 0 saturated carbocycles. The third-order valence-electron chi connectivity index (χ3n) is 2.69. The summed E-state index contributed by atoms with van der Waals surface area (Å²) in [6, 6.07) is 12.9. The van der Waals surface area contributed by atoms with Gasteiger partial charge in [0, 0.05) is 12.4 Å². The number of aromatic nitrogens is 1. The van der Waals surface area contributed by atoms with Crippen molar-refractivity contribution >= 4 is 0 Å². The van der Waals surface area contributed by atoms with Gasteiger partial charge in [0.25, 0.3) is 0 Å². The van der Waals surface area contributed by atoms with Crippen molar-refractivity contribution in [2.45, 2.75) is 25.7 Å². The van der Waals surface area contributed by atoms with Crippen molar-refractivity contribution in [1.29, 1.82) is 0 Å². The summed E-state index contributed by atoms with van der Waals surface area (Å²) in [7, 11) is 0. The first-order valence-electron chi connectivity index (χ1n) is 5.61. The highest BCUT2D eigenvalue weighted by molar-refractivity contribution is 5.14. The lowest BCUT2D eigenvalue weighted by Gasteiger charge is -2.00. The normalized spacial score (nSPS) is 10.4. The standard InChI is InChI=1S/C14H17N/c1-2-6-13(7-3-1)8-4-5-9-14-10-11-15-12-14/h1-3,6-7,10-12,15H,4-5,8-9H2. The van der Waals surface area contributed by atoms with E-state index in [9.17, 15) is 0 Å². The van der Waals surface area contributed by atoms with Crippen LogP contribution in [0.15, 0.2) is 48.8 Å². The van der Waals surface area contributed by atoms with Crippen molar-refractivity contribution in [3.05, 3.63) is 59.9 Å². The highest BCUT2D eigenvalue weighted by Gasteiger charge is 1.94. The van der Waals surface area contributed by atoms with Gasteiger partial charge in [-0.25, -0.2) is 0 Å². The summed E-state index contributed by atoms with van der Waals surface area (Å²) in [5.74, 6) is 0. The summed E-state index contributed by atoms with van der Waals surface area (Å²) in [4.78, 5) is 3.09. The Labute approximate surface area is 91.2 Å². The minimum Gasteiger partial charge on any atom is -0.367 e. The van der Waals surface area contributed by atoms with Gasteiger partial charge in [0.1, 0.15) is 0 Å². The summed E-state index contributed by atoms with van der Waals surface area (Å²) in [5.41, 5.74) is 2.87. The van der Waals surface area contributed by atoms with Gasteiger partial charge in [-0.3, -0.25) is 0 Å². The molecule has 0 aliphatic heterocycles. The van der Waals surface area contributed by atoms with Crippen molar-refractivity contribution in [1.82, 2.24) is 4.98 Å². The van der Waals surface area contributed by atoms with Gasteiger partial charge in [0.2, 0.25) is 0 Å². The van der Waals surface area contributed by atoms with E-state index >= 15 is 0 Å². The van der Waals surface area contributed by atoms with Crippen LogP contribution in [0.4, 0.5) is 0 Å². The van der Waals surface area contributed by atoms with Crippen molar-refractivity contribution in [2.75, 3.05) is 0 Å². The lowest BCUT2D eigenvalue weighted by Crippen LogP contribution is -1.87. The van der Waals surface area contributed by atoms with Crippen LogP contribution in [0.1, 0.15) is 24.0 Å². The zero-order chi connectivity index (χ0) is 10.3. The average Bonchev–Trinajstić information content (AvgIpc) is 2.79. The predicted molar refractivity (Wildman–Crippen MR) is 63.9 cm³/mol. The van der Waals surface area contributed by atoms with Crippen LogP contribution in [0.5, 0.6) is 0 Å². The second-order valence-corrected chi connectivity index (χ2v) is 3.91. The third kappa shape index (κ3) is 3.28. The van der Waals surface area contributed by atoms with E-state index in [-0.39, 0.29) is 0 Å². The molecule has 1 aromatic carbocycles. The Morgan fingerprint density at radius 2 is 1.53 bits per heavy atom. The molecule has 1 N–H and O–H groups in total. The van der Waals surface area contributed by atoms with Crippen LogP contribution in [0.3, 0.4) is 0 Å². The van der Waals surface area contributed by atoms with E-state index in [1.165, 1.54) is 36.8 Å². The molecular weight excluding hydrogens is 182 g/mol. The third-order valence-corrected chi connectivity index (χ3v) is 2.69. The quantitative estimate of drug-likeness (QED) is 0.708. The number of nitrogens with one attached hydrogen (secondary N) is 1. The summed E-state index contributed by atoms with van der Waals surface area (Å²) < 4.78 is 0. The maximum atomic E-state index is 3.09. The Hall–Kier alpha value is -1.50. The van der Waals surface area contributed by atoms with E-state index in [2.05, 4.69) is 47.6 Å². The van der Waals surface area contributed by atoms with Gasteiger partial charge in [0.05, 0.1) is 0 Å². The van der Waals surface area contributed by atoms with Crippen LogP contribution in [0.2, 0.25) is 0 Å². The molecule has 15 heavy (non-hydrogen) atoms. The first-order chi connectivity index (χ1) is 7.45. The minimum atomic E-state index is 1.19. The lowest BCUT2D eigenvalue weighted by atomic mass is 10.1. The molecule has 78 valence electrons. The van der Waals surface area contributed by atoms with Crippen molar-refractivity contribution in [3.8, 4) is 0 Å². The van der Waals surface area contributed by atoms with Crippen LogP contribution >= 0.6 is 0 Å². The molecule has 1 heteroatoms. The molecule has 0 radical (unpaired) electrons. The first-order valence-corrected chi connectivity index (χ1v) is 5.61. The zero-order valence-electron chi connectivity index (χ0n) is 8.95. The Bertz CT molecular complexity index is 362. The summed E-state index contributed by atoms with van der Waals surface area (Å²) in [6.45, 7) is 0. The molecule has 2 aromatic rings. The summed E-state index contributed by atoms with van der Waals surface area (Å²) in [6.07, 6.45) is 9.01. The molecule has 0 aliphatic rings. The van der Waals surface area contributed by atoms with Crippen molar-refractivity contribution in [3.63, 3.8) is 0 Å². The Morgan fingerprint density at radius 3 is 2.20 bits per heavy atom. The SMILES string of the molecule is c1ccc(CCCCc2cc[nH]c2)cc1. The van der Waals surface area contributed by atoms with E-state index in [1.807, 2.05) is 6.20 Å². The number of benzene rings is 1. The molecule has 0 aliphatic carbocycles. The van der Waals surface area contributed by atoms with E-state index in [0.717, 1.165) is 0 Å². The van der Waals surface area contributed by atoms with Gasteiger partial charge < -0.3 is 4.98 Å². The number of hydrogen-bond acceptors (Lipinski definition) is 0. The number of unbranched alkanes of at least 4 members (excludes halogenated alkanes) is 1. The maximum Gasteiger partial charge on any atom is 0.00373 e. The summed E-state index contributed by atoms with van der Waals surface area (Å²) >= 11 is 0. The predicted octanol–water partition coefficient (Wildman–Crippen LogP) is 3.58. The number of hydrogen-bond donors (Lipinski definition) is 1. The fourth-order valence-corrected chi connectivity index (χ4v) is 1.82. The van der Waals surface area contributed by atoms with Crippen LogP contribution < -0.4 is 0 Å². The Kier molecular flexibility index (Phi) is 3.61. The Balaban J connectivity index is 1.68. The highest BCUT2D eigenvalue weighted by atomic mass is 14.6. The second kappa shape index (κ2) is 5.40. The number of aryl methyl sites for hydroxylation is 2. The monoisotopic (exact) mass is 199 g/mol. The van der Waals surface area contributed by atoms with Gasteiger partial charge in [0.15, 0.2) is 0 Å². The molecule has 1 nitrogen and oxygen atoms in total. The van der Waals surface area contributed by atoms with E-state index in [1.54, 1.807) is 0 Å². The first kappa shape index (κ1) is 10.0. The van der Waals surface area contributed by atoms with Crippen molar-refractivity contribution < 1.29 is 0 Å². The van der Waals surface area contributed by atoms with Gasteiger partial charge >= 0.3 is 0 Å². The molecule has 0 bridgehead atoms. The summed E-state index contributed by atoms with van der Waals surface area (Å²) in [5, 5.41) is 0. The fraction of sp³-hybridized carbons (Fsp3) is 0.286. The molecule has 1 heterocycles. The highest BCUT2D eigenvalue weighted by Crippen LogP contribution is 2.08. The lowest BCUT2D eigenvalue weighted by molar-refractivity contribution is 0.735. The fourth-order valence-electron chi connectivity index (χ4n) is 1.82. The topological polar surface area (TPSA) is 15.8 Å². The zero-order valence-corrected chi connectivity index (χ0v) is 8.95. The van der Waals surface area contributed by atoms with Gasteiger partial charge in [-0.15, -0.1) is 0 Å². The smallest absolute Gasteiger partial charge is 0.00373 e. The number of aromatic amines is 1. The largest absolute Gasteiger partial charge is 0.367 e. The van der Waals surface area contributed by atoms with Gasteiger partial charge in [-0.2, -0.15) is 0 Å². The van der Waals surface area contributed by atoms with E-state index < -0.39 is 0 Å². The van der Waals surface area contributed by atoms with Crippen molar-refractivity contribution in [2.24, 2.45) is 0 Å². The molecule has 1 aromatic heterocycles. The Morgan fingerprint density at radius 1 is 0.800 bits per heavy atom. The van der Waals surface area contributed by atoms with Crippen LogP contribution in [0, 0.1) is 0 Å². The molecule has 0 unspecified atom stereocenters. The average molecular weight is 199 g/mol. The van der Waals surface area contributed by atoms with Crippen LogP contribution in [-0.2, 0) is 12.8 Å².